The van der Waals surface area contributed by atoms with Gasteiger partial charge in [0.05, 0.1) is 13.7 Å². The highest BCUT2D eigenvalue weighted by Gasteiger charge is 2.18. The molecule has 0 fully saturated rings. The maximum absolute atomic E-state index is 13.4. The van der Waals surface area contributed by atoms with Crippen LogP contribution in [0.25, 0.3) is 10.9 Å². The average molecular weight is 461 g/mol. The summed E-state index contributed by atoms with van der Waals surface area (Å²) in [5.74, 6) is 0.530. The standard InChI is InChI=1S/C27H25ClN2O3/c1-18-5-3-6-19(13-18)11-12-30(27(32)20-7-4-8-23(28)15-20)17-22-14-21-16-24(33-2)9-10-25(21)29-26(22)31/h3-10,13-16H,11-12,17H2,1-2H3,(H,29,31). The summed E-state index contributed by atoms with van der Waals surface area (Å²) >= 11 is 6.13. The van der Waals surface area contributed by atoms with Crippen LogP contribution >= 0.6 is 11.6 Å². The summed E-state index contributed by atoms with van der Waals surface area (Å²) in [5, 5.41) is 1.34. The molecule has 0 unspecified atom stereocenters. The van der Waals surface area contributed by atoms with Crippen LogP contribution < -0.4 is 10.3 Å². The van der Waals surface area contributed by atoms with E-state index < -0.39 is 0 Å². The van der Waals surface area contributed by atoms with E-state index in [1.54, 1.807) is 42.3 Å². The minimum absolute atomic E-state index is 0.171. The molecule has 3 aromatic carbocycles. The molecule has 0 bridgehead atoms. The first-order chi connectivity index (χ1) is 15.9. The third-order valence-corrected chi connectivity index (χ3v) is 5.84. The Bertz CT molecular complexity index is 1360. The summed E-state index contributed by atoms with van der Waals surface area (Å²) in [6.07, 6.45) is 0.674. The zero-order valence-corrected chi connectivity index (χ0v) is 19.4. The molecule has 33 heavy (non-hydrogen) atoms. The molecule has 1 aromatic heterocycles. The number of carbonyl (C=O) groups is 1. The minimum Gasteiger partial charge on any atom is -0.497 e. The summed E-state index contributed by atoms with van der Waals surface area (Å²) in [7, 11) is 1.60. The van der Waals surface area contributed by atoms with E-state index in [1.165, 1.54) is 5.56 Å². The van der Waals surface area contributed by atoms with Gasteiger partial charge in [-0.25, -0.2) is 0 Å². The highest BCUT2D eigenvalue weighted by molar-refractivity contribution is 6.30. The van der Waals surface area contributed by atoms with Gasteiger partial charge >= 0.3 is 0 Å². The Labute approximate surface area is 197 Å². The lowest BCUT2D eigenvalue weighted by atomic mass is 10.1. The van der Waals surface area contributed by atoms with Gasteiger partial charge in [0.2, 0.25) is 0 Å². The molecular formula is C27H25ClN2O3. The number of fused-ring (bicyclic) bond motifs is 1. The second-order valence-electron chi connectivity index (χ2n) is 8.05. The van der Waals surface area contributed by atoms with Gasteiger partial charge in [0.25, 0.3) is 11.5 Å². The van der Waals surface area contributed by atoms with Crippen molar-refractivity contribution >= 4 is 28.4 Å². The predicted octanol–water partition coefficient (Wildman–Crippen LogP) is 5.38. The van der Waals surface area contributed by atoms with Gasteiger partial charge in [0, 0.05) is 33.6 Å². The fourth-order valence-electron chi connectivity index (χ4n) is 3.87. The number of hydrogen-bond donors (Lipinski definition) is 1. The summed E-state index contributed by atoms with van der Waals surface area (Å²) in [6, 6.07) is 22.4. The zero-order chi connectivity index (χ0) is 23.4. The number of aryl methyl sites for hydroxylation is 1. The van der Waals surface area contributed by atoms with Crippen molar-refractivity contribution in [2.75, 3.05) is 13.7 Å². The lowest BCUT2D eigenvalue weighted by molar-refractivity contribution is 0.0744. The molecule has 0 atom stereocenters. The molecular weight excluding hydrogens is 436 g/mol. The molecule has 4 aromatic rings. The molecule has 6 heteroatoms. The number of amides is 1. The topological polar surface area (TPSA) is 62.4 Å². The van der Waals surface area contributed by atoms with Crippen LogP contribution in [-0.4, -0.2) is 29.4 Å². The van der Waals surface area contributed by atoms with Crippen molar-refractivity contribution < 1.29 is 9.53 Å². The summed E-state index contributed by atoms with van der Waals surface area (Å²) in [5.41, 5.74) is 3.81. The largest absolute Gasteiger partial charge is 0.497 e. The number of carbonyl (C=O) groups excluding carboxylic acids is 1. The number of halogens is 1. The third kappa shape index (κ3) is 5.44. The number of nitrogens with zero attached hydrogens (tertiary/aromatic N) is 1. The van der Waals surface area contributed by atoms with Crippen LogP contribution in [-0.2, 0) is 13.0 Å². The number of aromatic nitrogens is 1. The van der Waals surface area contributed by atoms with E-state index in [1.807, 2.05) is 43.3 Å². The van der Waals surface area contributed by atoms with Gasteiger partial charge in [-0.1, -0.05) is 47.5 Å². The Hall–Kier alpha value is -3.57. The lowest BCUT2D eigenvalue weighted by Crippen LogP contribution is -2.34. The third-order valence-electron chi connectivity index (χ3n) is 5.60. The summed E-state index contributed by atoms with van der Waals surface area (Å²) in [4.78, 5) is 30.8. The van der Waals surface area contributed by atoms with Crippen molar-refractivity contribution in [3.8, 4) is 5.75 Å². The second-order valence-corrected chi connectivity index (χ2v) is 8.49. The first kappa shape index (κ1) is 22.6. The Balaban J connectivity index is 1.67. The van der Waals surface area contributed by atoms with Crippen molar-refractivity contribution in [3.63, 3.8) is 0 Å². The number of H-pyrrole nitrogens is 1. The van der Waals surface area contributed by atoms with Crippen LogP contribution in [0, 0.1) is 6.92 Å². The Morgan fingerprint density at radius 3 is 2.61 bits per heavy atom. The van der Waals surface area contributed by atoms with Gasteiger partial charge in [-0.15, -0.1) is 0 Å². The second kappa shape index (κ2) is 9.92. The highest BCUT2D eigenvalue weighted by atomic mass is 35.5. The van der Waals surface area contributed by atoms with E-state index in [0.717, 1.165) is 16.5 Å². The summed E-state index contributed by atoms with van der Waals surface area (Å²) in [6.45, 7) is 2.69. The van der Waals surface area contributed by atoms with Crippen molar-refractivity contribution in [1.29, 1.82) is 0 Å². The maximum atomic E-state index is 13.4. The number of rotatable bonds is 7. The van der Waals surface area contributed by atoms with Crippen LogP contribution in [0.1, 0.15) is 27.0 Å². The number of methoxy groups -OCH3 is 1. The molecule has 1 heterocycles. The normalized spacial score (nSPS) is 10.9. The molecule has 0 aliphatic carbocycles. The molecule has 0 saturated carbocycles. The van der Waals surface area contributed by atoms with E-state index in [9.17, 15) is 9.59 Å². The molecule has 4 rings (SSSR count). The van der Waals surface area contributed by atoms with Crippen molar-refractivity contribution in [3.05, 3.63) is 110 Å². The van der Waals surface area contributed by atoms with Crippen LogP contribution in [0.3, 0.4) is 0 Å². The molecule has 0 aliphatic heterocycles. The van der Waals surface area contributed by atoms with Crippen molar-refractivity contribution in [2.45, 2.75) is 19.9 Å². The first-order valence-electron chi connectivity index (χ1n) is 10.7. The maximum Gasteiger partial charge on any atom is 0.254 e. The van der Waals surface area contributed by atoms with Gasteiger partial charge < -0.3 is 14.6 Å². The highest BCUT2D eigenvalue weighted by Crippen LogP contribution is 2.20. The molecule has 0 saturated heterocycles. The summed E-state index contributed by atoms with van der Waals surface area (Å²) < 4.78 is 5.31. The van der Waals surface area contributed by atoms with E-state index >= 15 is 0 Å². The van der Waals surface area contributed by atoms with E-state index in [4.69, 9.17) is 16.3 Å². The van der Waals surface area contributed by atoms with E-state index in [0.29, 0.717) is 34.9 Å². The Kier molecular flexibility index (Phi) is 6.80. The lowest BCUT2D eigenvalue weighted by Gasteiger charge is -2.23. The molecule has 1 N–H and O–H groups in total. The van der Waals surface area contributed by atoms with Crippen LogP contribution in [0.2, 0.25) is 5.02 Å². The molecule has 168 valence electrons. The number of benzene rings is 3. The Morgan fingerprint density at radius 2 is 1.85 bits per heavy atom. The van der Waals surface area contributed by atoms with E-state index in [2.05, 4.69) is 11.1 Å². The van der Waals surface area contributed by atoms with Gasteiger partial charge in [-0.05, 0) is 61.4 Å². The molecule has 1 amide bonds. The minimum atomic E-state index is -0.216. The number of ether oxygens (including phenoxy) is 1. The molecule has 0 radical (unpaired) electrons. The number of pyridine rings is 1. The number of nitrogens with one attached hydrogen (secondary N) is 1. The average Bonchev–Trinajstić information content (AvgIpc) is 2.81. The smallest absolute Gasteiger partial charge is 0.254 e. The van der Waals surface area contributed by atoms with Gasteiger partial charge in [0.1, 0.15) is 5.75 Å². The predicted molar refractivity (Wildman–Crippen MR) is 132 cm³/mol. The van der Waals surface area contributed by atoms with Gasteiger partial charge in [-0.2, -0.15) is 0 Å². The van der Waals surface area contributed by atoms with Crippen LogP contribution in [0.5, 0.6) is 5.75 Å². The van der Waals surface area contributed by atoms with Gasteiger partial charge in [-0.3, -0.25) is 9.59 Å². The molecule has 0 spiro atoms. The first-order valence-corrected chi connectivity index (χ1v) is 11.1. The molecule has 0 aliphatic rings. The number of hydrogen-bond acceptors (Lipinski definition) is 3. The van der Waals surface area contributed by atoms with Gasteiger partial charge in [0.15, 0.2) is 0 Å². The fraction of sp³-hybridized carbons (Fsp3) is 0.185. The van der Waals surface area contributed by atoms with Crippen molar-refractivity contribution in [1.82, 2.24) is 9.88 Å². The number of aromatic amines is 1. The Morgan fingerprint density at radius 1 is 1.03 bits per heavy atom. The van der Waals surface area contributed by atoms with Crippen LogP contribution in [0.4, 0.5) is 0 Å². The monoisotopic (exact) mass is 460 g/mol. The molecule has 5 nitrogen and oxygen atoms in total. The SMILES string of the molecule is COc1ccc2[nH]c(=O)c(CN(CCc3cccc(C)c3)C(=O)c3cccc(Cl)c3)cc2c1. The zero-order valence-electron chi connectivity index (χ0n) is 18.6. The fourth-order valence-corrected chi connectivity index (χ4v) is 4.06. The quantitative estimate of drug-likeness (QED) is 0.402. The van der Waals surface area contributed by atoms with Crippen LogP contribution in [0.15, 0.2) is 77.6 Å². The van der Waals surface area contributed by atoms with E-state index in [-0.39, 0.29) is 18.0 Å². The van der Waals surface area contributed by atoms with Crippen molar-refractivity contribution in [2.24, 2.45) is 0 Å².